The lowest BCUT2D eigenvalue weighted by atomic mass is 9.83. The molecule has 0 unspecified atom stereocenters. The normalized spacial score (nSPS) is 16.4. The van der Waals surface area contributed by atoms with Crippen molar-refractivity contribution in [3.05, 3.63) is 23.2 Å². The lowest BCUT2D eigenvalue weighted by molar-refractivity contribution is 0.105. The molecule has 0 bridgehead atoms. The standard InChI is InChI=1S/C20H35N3O2.HI/c1-5-21-19(22-14-18-13-16(3)25-17(18)4)23-15-20(9-7-8-10-20)11-12-24-6-2;/h13H,5-12,14-15H2,1-4H3,(H2,21,22,23);1H. The fourth-order valence-electron chi connectivity index (χ4n) is 3.69. The molecule has 150 valence electrons. The first kappa shape index (κ1) is 23.3. The molecule has 5 nitrogen and oxygen atoms in total. The average molecular weight is 477 g/mol. The van der Waals surface area contributed by atoms with E-state index < -0.39 is 0 Å². The van der Waals surface area contributed by atoms with Crippen LogP contribution < -0.4 is 10.6 Å². The van der Waals surface area contributed by atoms with Crippen LogP contribution in [0.2, 0.25) is 0 Å². The van der Waals surface area contributed by atoms with Gasteiger partial charge >= 0.3 is 0 Å². The summed E-state index contributed by atoms with van der Waals surface area (Å²) >= 11 is 0. The van der Waals surface area contributed by atoms with Crippen molar-refractivity contribution in [2.75, 3.05) is 26.3 Å². The van der Waals surface area contributed by atoms with E-state index in [9.17, 15) is 0 Å². The summed E-state index contributed by atoms with van der Waals surface area (Å²) in [6, 6.07) is 2.07. The van der Waals surface area contributed by atoms with Crippen LogP contribution in [0.15, 0.2) is 15.5 Å². The van der Waals surface area contributed by atoms with Gasteiger partial charge in [0.15, 0.2) is 5.96 Å². The molecule has 1 aliphatic rings. The van der Waals surface area contributed by atoms with Crippen LogP contribution in [0.25, 0.3) is 0 Å². The Balaban J connectivity index is 0.00000338. The Labute approximate surface area is 175 Å². The molecule has 1 fully saturated rings. The Morgan fingerprint density at radius 1 is 1.23 bits per heavy atom. The molecule has 1 aliphatic carbocycles. The van der Waals surface area contributed by atoms with Crippen molar-refractivity contribution < 1.29 is 9.15 Å². The fourth-order valence-corrected chi connectivity index (χ4v) is 3.69. The summed E-state index contributed by atoms with van der Waals surface area (Å²) in [6.45, 7) is 12.3. The number of guanidine groups is 1. The maximum Gasteiger partial charge on any atom is 0.191 e. The lowest BCUT2D eigenvalue weighted by Crippen LogP contribution is -2.43. The van der Waals surface area contributed by atoms with Gasteiger partial charge in [-0.05, 0) is 58.4 Å². The van der Waals surface area contributed by atoms with Crippen molar-refractivity contribution in [2.45, 2.75) is 66.3 Å². The van der Waals surface area contributed by atoms with Crippen LogP contribution in [0.1, 0.15) is 63.0 Å². The Morgan fingerprint density at radius 2 is 1.96 bits per heavy atom. The third kappa shape index (κ3) is 7.10. The molecular formula is C20H36IN3O2. The van der Waals surface area contributed by atoms with E-state index in [0.29, 0.717) is 12.0 Å². The molecule has 0 spiro atoms. The zero-order chi connectivity index (χ0) is 18.1. The lowest BCUT2D eigenvalue weighted by Gasteiger charge is -2.30. The van der Waals surface area contributed by atoms with Gasteiger partial charge in [-0.15, -0.1) is 24.0 Å². The molecular weight excluding hydrogens is 441 g/mol. The summed E-state index contributed by atoms with van der Waals surface area (Å²) in [5.74, 6) is 2.80. The van der Waals surface area contributed by atoms with E-state index in [2.05, 4.69) is 30.5 Å². The summed E-state index contributed by atoms with van der Waals surface area (Å²) < 4.78 is 11.2. The van der Waals surface area contributed by atoms with Crippen LogP contribution in [-0.4, -0.2) is 32.3 Å². The monoisotopic (exact) mass is 477 g/mol. The van der Waals surface area contributed by atoms with E-state index in [1.807, 2.05) is 13.8 Å². The number of aliphatic imine (C=N–C) groups is 1. The van der Waals surface area contributed by atoms with Crippen molar-refractivity contribution in [3.8, 4) is 0 Å². The molecule has 0 aliphatic heterocycles. The van der Waals surface area contributed by atoms with Gasteiger partial charge in [0, 0.05) is 31.9 Å². The number of halogens is 1. The predicted molar refractivity (Wildman–Crippen MR) is 118 cm³/mol. The number of aryl methyl sites for hydroxylation is 2. The van der Waals surface area contributed by atoms with Gasteiger partial charge in [-0.3, -0.25) is 0 Å². The van der Waals surface area contributed by atoms with Crippen LogP contribution in [0.4, 0.5) is 0 Å². The molecule has 1 aromatic heterocycles. The van der Waals surface area contributed by atoms with E-state index in [-0.39, 0.29) is 24.0 Å². The van der Waals surface area contributed by atoms with Crippen molar-refractivity contribution in [3.63, 3.8) is 0 Å². The minimum atomic E-state index is 0. The summed E-state index contributed by atoms with van der Waals surface area (Å²) in [5.41, 5.74) is 1.51. The van der Waals surface area contributed by atoms with Crippen molar-refractivity contribution in [2.24, 2.45) is 10.4 Å². The number of rotatable bonds is 9. The Morgan fingerprint density at radius 3 is 2.54 bits per heavy atom. The largest absolute Gasteiger partial charge is 0.466 e. The van der Waals surface area contributed by atoms with Crippen LogP contribution in [0, 0.1) is 19.3 Å². The van der Waals surface area contributed by atoms with Crippen LogP contribution in [0.5, 0.6) is 0 Å². The molecule has 6 heteroatoms. The first-order chi connectivity index (χ1) is 12.1. The number of nitrogens with one attached hydrogen (secondary N) is 2. The maximum atomic E-state index is 5.61. The molecule has 1 saturated carbocycles. The number of ether oxygens (including phenoxy) is 1. The van der Waals surface area contributed by atoms with E-state index in [1.54, 1.807) is 0 Å². The van der Waals surface area contributed by atoms with Gasteiger partial charge in [-0.25, -0.2) is 4.99 Å². The number of hydrogen-bond donors (Lipinski definition) is 2. The van der Waals surface area contributed by atoms with Gasteiger partial charge in [0.2, 0.25) is 0 Å². The second-order valence-corrected chi connectivity index (χ2v) is 7.14. The molecule has 1 aromatic rings. The predicted octanol–water partition coefficient (Wildman–Crippen LogP) is 4.56. The topological polar surface area (TPSA) is 58.8 Å². The highest BCUT2D eigenvalue weighted by Crippen LogP contribution is 2.40. The minimum absolute atomic E-state index is 0. The highest BCUT2D eigenvalue weighted by molar-refractivity contribution is 14.0. The van der Waals surface area contributed by atoms with Crippen molar-refractivity contribution in [1.82, 2.24) is 10.6 Å². The molecule has 1 heterocycles. The first-order valence-corrected chi connectivity index (χ1v) is 9.74. The van der Waals surface area contributed by atoms with Gasteiger partial charge in [0.05, 0.1) is 6.54 Å². The average Bonchev–Trinajstić information content (AvgIpc) is 3.17. The molecule has 0 atom stereocenters. The maximum absolute atomic E-state index is 5.61. The van der Waals surface area contributed by atoms with Crippen LogP contribution in [-0.2, 0) is 11.3 Å². The highest BCUT2D eigenvalue weighted by Gasteiger charge is 2.33. The third-order valence-electron chi connectivity index (χ3n) is 5.17. The number of hydrogen-bond acceptors (Lipinski definition) is 3. The molecule has 2 N–H and O–H groups in total. The van der Waals surface area contributed by atoms with Crippen molar-refractivity contribution >= 4 is 29.9 Å². The molecule has 0 saturated heterocycles. The molecule has 0 aromatic carbocycles. The van der Waals surface area contributed by atoms with Gasteiger partial charge in [0.25, 0.3) is 0 Å². The minimum Gasteiger partial charge on any atom is -0.466 e. The van der Waals surface area contributed by atoms with Crippen LogP contribution in [0.3, 0.4) is 0 Å². The van der Waals surface area contributed by atoms with Crippen LogP contribution >= 0.6 is 24.0 Å². The zero-order valence-electron chi connectivity index (χ0n) is 16.8. The quantitative estimate of drug-likeness (QED) is 0.237. The second-order valence-electron chi connectivity index (χ2n) is 7.14. The molecule has 0 radical (unpaired) electrons. The van der Waals surface area contributed by atoms with E-state index >= 15 is 0 Å². The van der Waals surface area contributed by atoms with Gasteiger partial charge in [-0.2, -0.15) is 0 Å². The summed E-state index contributed by atoms with van der Waals surface area (Å²) in [5, 5.41) is 6.94. The van der Waals surface area contributed by atoms with Crippen molar-refractivity contribution in [1.29, 1.82) is 0 Å². The van der Waals surface area contributed by atoms with Gasteiger partial charge < -0.3 is 19.8 Å². The third-order valence-corrected chi connectivity index (χ3v) is 5.17. The van der Waals surface area contributed by atoms with E-state index in [0.717, 1.165) is 55.8 Å². The Bertz CT molecular complexity index is 551. The summed E-state index contributed by atoms with van der Waals surface area (Å²) in [4.78, 5) is 4.75. The Kier molecular flexibility index (Phi) is 10.6. The zero-order valence-corrected chi connectivity index (χ0v) is 19.2. The van der Waals surface area contributed by atoms with E-state index in [4.69, 9.17) is 14.1 Å². The fraction of sp³-hybridized carbons (Fsp3) is 0.750. The summed E-state index contributed by atoms with van der Waals surface area (Å²) in [7, 11) is 0. The molecule has 26 heavy (non-hydrogen) atoms. The number of furan rings is 1. The number of nitrogens with zero attached hydrogens (tertiary/aromatic N) is 1. The van der Waals surface area contributed by atoms with E-state index in [1.165, 1.54) is 25.7 Å². The SMILES string of the molecule is CCNC(=NCc1cc(C)oc1C)NCC1(CCOCC)CCCC1.I. The first-order valence-electron chi connectivity index (χ1n) is 9.74. The van der Waals surface area contributed by atoms with Gasteiger partial charge in [0.1, 0.15) is 11.5 Å². The summed E-state index contributed by atoms with van der Waals surface area (Å²) in [6.07, 6.45) is 6.36. The van der Waals surface area contributed by atoms with Gasteiger partial charge in [-0.1, -0.05) is 12.8 Å². The molecule has 2 rings (SSSR count). The molecule has 0 amide bonds. The smallest absolute Gasteiger partial charge is 0.191 e. The highest BCUT2D eigenvalue weighted by atomic mass is 127. The second kappa shape index (κ2) is 11.8. The Hall–Kier alpha value is -0.760.